The van der Waals surface area contributed by atoms with Crippen molar-refractivity contribution in [3.63, 3.8) is 0 Å². The third-order valence-electron chi connectivity index (χ3n) is 3.22. The number of hydrogen-bond donors (Lipinski definition) is 1. The highest BCUT2D eigenvalue weighted by Gasteiger charge is 2.38. The van der Waals surface area contributed by atoms with Gasteiger partial charge >= 0.3 is 5.97 Å². The molecule has 0 radical (unpaired) electrons. The molecular formula is C15H22O4. The quantitative estimate of drug-likeness (QED) is 0.832. The van der Waals surface area contributed by atoms with Crippen LogP contribution in [0.2, 0.25) is 0 Å². The molecule has 0 aliphatic carbocycles. The Hall–Kier alpha value is -1.55. The van der Waals surface area contributed by atoms with Gasteiger partial charge in [0.05, 0.1) is 25.2 Å². The van der Waals surface area contributed by atoms with Crippen LogP contribution in [0.1, 0.15) is 38.0 Å². The second-order valence-corrected chi connectivity index (χ2v) is 5.07. The molecule has 0 heterocycles. The minimum Gasteiger partial charge on any atom is -0.496 e. The van der Waals surface area contributed by atoms with E-state index >= 15 is 0 Å². The first-order chi connectivity index (χ1) is 8.84. The maximum Gasteiger partial charge on any atom is 0.314 e. The summed E-state index contributed by atoms with van der Waals surface area (Å²) in [4.78, 5) is 11.9. The molecule has 0 saturated carbocycles. The lowest BCUT2D eigenvalue weighted by Gasteiger charge is -2.28. The van der Waals surface area contributed by atoms with Crippen LogP contribution in [0.5, 0.6) is 5.75 Å². The maximum atomic E-state index is 11.9. The molecule has 0 spiro atoms. The number of benzene rings is 1. The Bertz CT molecular complexity index is 451. The number of hydrogen-bond acceptors (Lipinski definition) is 4. The smallest absolute Gasteiger partial charge is 0.314 e. The molecule has 0 saturated heterocycles. The van der Waals surface area contributed by atoms with Crippen LogP contribution in [0.25, 0.3) is 0 Å². The average molecular weight is 266 g/mol. The van der Waals surface area contributed by atoms with Gasteiger partial charge in [-0.15, -0.1) is 0 Å². The molecule has 19 heavy (non-hydrogen) atoms. The third-order valence-corrected chi connectivity index (χ3v) is 3.22. The zero-order chi connectivity index (χ0) is 14.6. The SMILES string of the molecule is CCOC(=O)C(C)(C)C(O)c1ccc(OC)c(C)c1. The summed E-state index contributed by atoms with van der Waals surface area (Å²) in [7, 11) is 1.60. The monoisotopic (exact) mass is 266 g/mol. The Kier molecular flexibility index (Phi) is 4.95. The van der Waals surface area contributed by atoms with Crippen LogP contribution in [0.15, 0.2) is 18.2 Å². The summed E-state index contributed by atoms with van der Waals surface area (Å²) in [5.74, 6) is 0.348. The lowest BCUT2D eigenvalue weighted by Crippen LogP contribution is -2.33. The van der Waals surface area contributed by atoms with Gasteiger partial charge in [-0.1, -0.05) is 6.07 Å². The van der Waals surface area contributed by atoms with E-state index in [-0.39, 0.29) is 0 Å². The fourth-order valence-electron chi connectivity index (χ4n) is 1.92. The highest BCUT2D eigenvalue weighted by atomic mass is 16.5. The number of methoxy groups -OCH3 is 1. The van der Waals surface area contributed by atoms with Gasteiger partial charge in [-0.05, 0) is 51.0 Å². The van der Waals surface area contributed by atoms with E-state index in [0.717, 1.165) is 11.3 Å². The molecule has 4 heteroatoms. The first-order valence-corrected chi connectivity index (χ1v) is 6.34. The van der Waals surface area contributed by atoms with Gasteiger partial charge in [0, 0.05) is 0 Å². The topological polar surface area (TPSA) is 55.8 Å². The predicted molar refractivity (Wildman–Crippen MR) is 73.1 cm³/mol. The molecule has 0 amide bonds. The summed E-state index contributed by atoms with van der Waals surface area (Å²) >= 11 is 0. The van der Waals surface area contributed by atoms with Crippen molar-refractivity contribution in [3.05, 3.63) is 29.3 Å². The lowest BCUT2D eigenvalue weighted by molar-refractivity contribution is -0.160. The molecule has 1 N–H and O–H groups in total. The standard InChI is InChI=1S/C15H22O4/c1-6-19-14(17)15(3,4)13(16)11-7-8-12(18-5)10(2)9-11/h7-9,13,16H,6H2,1-5H3. The highest BCUT2D eigenvalue weighted by Crippen LogP contribution is 2.36. The first kappa shape index (κ1) is 15.5. The molecule has 1 aromatic carbocycles. The molecule has 1 atom stereocenters. The van der Waals surface area contributed by atoms with Gasteiger partial charge in [-0.2, -0.15) is 0 Å². The molecular weight excluding hydrogens is 244 g/mol. The summed E-state index contributed by atoms with van der Waals surface area (Å²) in [5, 5.41) is 10.4. The number of carbonyl (C=O) groups is 1. The van der Waals surface area contributed by atoms with Crippen molar-refractivity contribution in [2.75, 3.05) is 13.7 Å². The largest absolute Gasteiger partial charge is 0.496 e. The first-order valence-electron chi connectivity index (χ1n) is 6.34. The molecule has 1 rings (SSSR count). The van der Waals surface area contributed by atoms with Crippen molar-refractivity contribution in [3.8, 4) is 5.75 Å². The third kappa shape index (κ3) is 3.26. The number of aliphatic hydroxyl groups excluding tert-OH is 1. The van der Waals surface area contributed by atoms with Crippen molar-refractivity contribution in [2.24, 2.45) is 5.41 Å². The molecule has 0 bridgehead atoms. The normalized spacial score (nSPS) is 12.9. The van der Waals surface area contributed by atoms with Crippen molar-refractivity contribution >= 4 is 5.97 Å². The van der Waals surface area contributed by atoms with Crippen LogP contribution in [0, 0.1) is 12.3 Å². The van der Waals surface area contributed by atoms with E-state index in [4.69, 9.17) is 9.47 Å². The molecule has 0 aromatic heterocycles. The van der Waals surface area contributed by atoms with Crippen molar-refractivity contribution in [1.29, 1.82) is 0 Å². The summed E-state index contributed by atoms with van der Waals surface area (Å²) in [6.07, 6.45) is -0.920. The Morgan fingerprint density at radius 3 is 2.53 bits per heavy atom. The summed E-state index contributed by atoms with van der Waals surface area (Å²) in [5.41, 5.74) is 0.604. The molecule has 0 aliphatic heterocycles. The van der Waals surface area contributed by atoms with Crippen molar-refractivity contribution < 1.29 is 19.4 Å². The Balaban J connectivity index is 3.02. The number of rotatable bonds is 5. The van der Waals surface area contributed by atoms with Gasteiger partial charge < -0.3 is 14.6 Å². The van der Waals surface area contributed by atoms with Gasteiger partial charge in [-0.3, -0.25) is 4.79 Å². The molecule has 1 aromatic rings. The lowest BCUT2D eigenvalue weighted by atomic mass is 9.82. The summed E-state index contributed by atoms with van der Waals surface area (Å²) < 4.78 is 10.2. The fourth-order valence-corrected chi connectivity index (χ4v) is 1.92. The minimum atomic E-state index is -0.989. The maximum absolute atomic E-state index is 11.9. The van der Waals surface area contributed by atoms with Gasteiger partial charge in [0.15, 0.2) is 0 Å². The van der Waals surface area contributed by atoms with E-state index < -0.39 is 17.5 Å². The van der Waals surface area contributed by atoms with Crippen LogP contribution in [-0.4, -0.2) is 24.8 Å². The van der Waals surface area contributed by atoms with Gasteiger partial charge in [-0.25, -0.2) is 0 Å². The second-order valence-electron chi connectivity index (χ2n) is 5.07. The van der Waals surface area contributed by atoms with Crippen LogP contribution < -0.4 is 4.74 Å². The second kappa shape index (κ2) is 6.06. The number of ether oxygens (including phenoxy) is 2. The van der Waals surface area contributed by atoms with E-state index in [2.05, 4.69) is 0 Å². The van der Waals surface area contributed by atoms with E-state index in [1.807, 2.05) is 13.0 Å². The van der Waals surface area contributed by atoms with E-state index in [0.29, 0.717) is 12.2 Å². The number of aliphatic hydroxyl groups is 1. The fraction of sp³-hybridized carbons (Fsp3) is 0.533. The Labute approximate surface area is 114 Å². The van der Waals surface area contributed by atoms with E-state index in [9.17, 15) is 9.90 Å². The Morgan fingerprint density at radius 2 is 2.05 bits per heavy atom. The number of aryl methyl sites for hydroxylation is 1. The molecule has 106 valence electrons. The van der Waals surface area contributed by atoms with Crippen LogP contribution in [0.4, 0.5) is 0 Å². The molecule has 0 aliphatic rings. The number of carbonyl (C=O) groups excluding carboxylic acids is 1. The highest BCUT2D eigenvalue weighted by molar-refractivity contribution is 5.77. The molecule has 1 unspecified atom stereocenters. The van der Waals surface area contributed by atoms with Crippen molar-refractivity contribution in [2.45, 2.75) is 33.8 Å². The summed E-state index contributed by atoms with van der Waals surface area (Å²) in [6, 6.07) is 5.37. The van der Waals surface area contributed by atoms with Crippen LogP contribution in [0.3, 0.4) is 0 Å². The zero-order valence-electron chi connectivity index (χ0n) is 12.2. The van der Waals surface area contributed by atoms with E-state index in [1.54, 1.807) is 40.0 Å². The van der Waals surface area contributed by atoms with Crippen LogP contribution in [-0.2, 0) is 9.53 Å². The van der Waals surface area contributed by atoms with Crippen LogP contribution >= 0.6 is 0 Å². The number of esters is 1. The molecule has 4 nitrogen and oxygen atoms in total. The van der Waals surface area contributed by atoms with Gasteiger partial charge in [0.25, 0.3) is 0 Å². The van der Waals surface area contributed by atoms with E-state index in [1.165, 1.54) is 0 Å². The average Bonchev–Trinajstić information content (AvgIpc) is 2.37. The zero-order valence-corrected chi connectivity index (χ0v) is 12.2. The summed E-state index contributed by atoms with van der Waals surface area (Å²) in [6.45, 7) is 7.30. The Morgan fingerprint density at radius 1 is 1.42 bits per heavy atom. The van der Waals surface area contributed by atoms with Gasteiger partial charge in [0.2, 0.25) is 0 Å². The van der Waals surface area contributed by atoms with Gasteiger partial charge in [0.1, 0.15) is 5.75 Å². The molecule has 0 fully saturated rings. The predicted octanol–water partition coefficient (Wildman–Crippen LogP) is 2.63. The minimum absolute atomic E-state index is 0.302. The van der Waals surface area contributed by atoms with Crippen molar-refractivity contribution in [1.82, 2.24) is 0 Å².